The average Bonchev–Trinajstić information content (AvgIpc) is 3.03. The standard InChI is InChI=1S/C31H30N2O4/c1-19-7-11-21(12-8-19)23-17-25-30(27(34)18-23)31(22-13-9-20(2)10-14-22)33(28(35)15-16-29(36)37)26-6-4-3-5-24(26)32-25/h3-14,23,31-32H,15-18H2,1-2H3,(H,36,37). The summed E-state index contributed by atoms with van der Waals surface area (Å²) in [6, 6.07) is 23.0. The number of amides is 1. The van der Waals surface area contributed by atoms with Crippen LogP contribution in [0.2, 0.25) is 0 Å². The maximum absolute atomic E-state index is 13.9. The van der Waals surface area contributed by atoms with Crippen LogP contribution in [0.3, 0.4) is 0 Å². The molecule has 0 aromatic heterocycles. The second-order valence-electron chi connectivity index (χ2n) is 9.94. The van der Waals surface area contributed by atoms with Crippen LogP contribution in [0.1, 0.15) is 59.9 Å². The van der Waals surface area contributed by atoms with Gasteiger partial charge < -0.3 is 10.4 Å². The van der Waals surface area contributed by atoms with Gasteiger partial charge in [0, 0.05) is 24.1 Å². The van der Waals surface area contributed by atoms with Crippen LogP contribution in [0.25, 0.3) is 0 Å². The normalized spacial score (nSPS) is 19.0. The Labute approximate surface area is 216 Å². The molecule has 0 saturated carbocycles. The first-order chi connectivity index (χ1) is 17.8. The minimum absolute atomic E-state index is 0.00580. The lowest BCUT2D eigenvalue weighted by Gasteiger charge is -2.35. The summed E-state index contributed by atoms with van der Waals surface area (Å²) in [4.78, 5) is 40.5. The van der Waals surface area contributed by atoms with Crippen molar-refractivity contribution in [2.75, 3.05) is 10.2 Å². The van der Waals surface area contributed by atoms with Crippen LogP contribution in [0, 0.1) is 13.8 Å². The van der Waals surface area contributed by atoms with Crippen molar-refractivity contribution in [2.45, 2.75) is 51.5 Å². The van der Waals surface area contributed by atoms with Crippen molar-refractivity contribution in [3.05, 3.63) is 106 Å². The summed E-state index contributed by atoms with van der Waals surface area (Å²) >= 11 is 0. The van der Waals surface area contributed by atoms with Gasteiger partial charge in [-0.15, -0.1) is 0 Å². The zero-order valence-corrected chi connectivity index (χ0v) is 21.0. The predicted octanol–water partition coefficient (Wildman–Crippen LogP) is 6.07. The highest BCUT2D eigenvalue weighted by Gasteiger charge is 2.41. The minimum atomic E-state index is -1.03. The monoisotopic (exact) mass is 494 g/mol. The molecule has 2 aliphatic rings. The number of Topliss-reactive ketones (excluding diaryl/α,β-unsaturated/α-hetero) is 1. The van der Waals surface area contributed by atoms with E-state index in [9.17, 15) is 19.5 Å². The molecule has 1 aliphatic carbocycles. The van der Waals surface area contributed by atoms with Crippen LogP contribution in [0.4, 0.5) is 11.4 Å². The topological polar surface area (TPSA) is 86.7 Å². The largest absolute Gasteiger partial charge is 0.481 e. The van der Waals surface area contributed by atoms with Crippen molar-refractivity contribution in [1.29, 1.82) is 0 Å². The van der Waals surface area contributed by atoms with Gasteiger partial charge >= 0.3 is 5.97 Å². The van der Waals surface area contributed by atoms with Crippen molar-refractivity contribution in [3.8, 4) is 0 Å². The first-order valence-electron chi connectivity index (χ1n) is 12.6. The number of hydrogen-bond donors (Lipinski definition) is 2. The number of aliphatic carboxylic acids is 1. The highest BCUT2D eigenvalue weighted by atomic mass is 16.4. The molecule has 2 N–H and O–H groups in total. The maximum atomic E-state index is 13.9. The van der Waals surface area contributed by atoms with Gasteiger partial charge in [0.2, 0.25) is 5.91 Å². The molecule has 2 atom stereocenters. The fraction of sp³-hybridized carbons (Fsp3) is 0.258. The van der Waals surface area contributed by atoms with Crippen LogP contribution in [-0.2, 0) is 14.4 Å². The summed E-state index contributed by atoms with van der Waals surface area (Å²) in [6.07, 6.45) is 0.549. The Hall–Kier alpha value is -4.19. The highest BCUT2D eigenvalue weighted by Crippen LogP contribution is 2.47. The lowest BCUT2D eigenvalue weighted by molar-refractivity contribution is -0.138. The number of ketones is 1. The quantitative estimate of drug-likeness (QED) is 0.450. The van der Waals surface area contributed by atoms with E-state index in [0.29, 0.717) is 24.1 Å². The van der Waals surface area contributed by atoms with Crippen molar-refractivity contribution in [2.24, 2.45) is 0 Å². The molecule has 3 aromatic rings. The number of nitrogens with zero attached hydrogens (tertiary/aromatic N) is 1. The Kier molecular flexibility index (Phi) is 6.66. The second-order valence-corrected chi connectivity index (χ2v) is 9.94. The van der Waals surface area contributed by atoms with Crippen molar-refractivity contribution in [1.82, 2.24) is 0 Å². The van der Waals surface area contributed by atoms with Crippen molar-refractivity contribution in [3.63, 3.8) is 0 Å². The van der Waals surface area contributed by atoms with Crippen LogP contribution in [-0.4, -0.2) is 22.8 Å². The number of hydrogen-bond acceptors (Lipinski definition) is 4. The van der Waals surface area contributed by atoms with Gasteiger partial charge in [0.1, 0.15) is 0 Å². The number of aryl methyl sites for hydroxylation is 2. The van der Waals surface area contributed by atoms with Gasteiger partial charge in [-0.2, -0.15) is 0 Å². The van der Waals surface area contributed by atoms with Crippen LogP contribution in [0.15, 0.2) is 84.1 Å². The summed E-state index contributed by atoms with van der Waals surface area (Å²) in [5.41, 5.74) is 6.93. The van der Waals surface area contributed by atoms with E-state index < -0.39 is 12.0 Å². The molecule has 6 nitrogen and oxygen atoms in total. The number of para-hydroxylation sites is 2. The van der Waals surface area contributed by atoms with E-state index in [1.54, 1.807) is 4.90 Å². The molecule has 1 heterocycles. The number of rotatable bonds is 5. The third-order valence-corrected chi connectivity index (χ3v) is 7.25. The zero-order valence-electron chi connectivity index (χ0n) is 21.0. The molecular weight excluding hydrogens is 464 g/mol. The number of anilines is 2. The summed E-state index contributed by atoms with van der Waals surface area (Å²) in [6.45, 7) is 4.04. The minimum Gasteiger partial charge on any atom is -0.481 e. The number of carboxylic acids is 1. The maximum Gasteiger partial charge on any atom is 0.303 e. The van der Waals surface area contributed by atoms with E-state index >= 15 is 0 Å². The van der Waals surface area contributed by atoms with E-state index in [4.69, 9.17) is 0 Å². The Morgan fingerprint density at radius 3 is 2.14 bits per heavy atom. The molecule has 6 heteroatoms. The summed E-state index contributed by atoms with van der Waals surface area (Å²) in [7, 11) is 0. The Balaban J connectivity index is 1.67. The molecule has 1 amide bonds. The van der Waals surface area contributed by atoms with Crippen LogP contribution < -0.4 is 10.2 Å². The molecule has 1 aliphatic heterocycles. The molecule has 0 spiro atoms. The number of benzene rings is 3. The number of carbonyl (C=O) groups excluding carboxylic acids is 2. The smallest absolute Gasteiger partial charge is 0.303 e. The molecular formula is C31H30N2O4. The number of carboxylic acid groups (broad SMARTS) is 1. The summed E-state index contributed by atoms with van der Waals surface area (Å²) < 4.78 is 0. The third-order valence-electron chi connectivity index (χ3n) is 7.25. The number of allylic oxidation sites excluding steroid dienone is 1. The highest BCUT2D eigenvalue weighted by molar-refractivity contribution is 6.06. The molecule has 0 radical (unpaired) electrons. The summed E-state index contributed by atoms with van der Waals surface area (Å²) in [5, 5.41) is 12.8. The second kappa shape index (κ2) is 10.1. The van der Waals surface area contributed by atoms with E-state index in [-0.39, 0.29) is 30.4 Å². The summed E-state index contributed by atoms with van der Waals surface area (Å²) in [5.74, 6) is -1.34. The predicted molar refractivity (Wildman–Crippen MR) is 144 cm³/mol. The van der Waals surface area contributed by atoms with Crippen LogP contribution >= 0.6 is 0 Å². The van der Waals surface area contributed by atoms with Gasteiger partial charge in [0.15, 0.2) is 5.78 Å². The Morgan fingerprint density at radius 1 is 0.865 bits per heavy atom. The number of fused-ring (bicyclic) bond motifs is 1. The van der Waals surface area contributed by atoms with E-state index in [1.807, 2.05) is 62.4 Å². The van der Waals surface area contributed by atoms with Gasteiger partial charge in [0.05, 0.1) is 23.8 Å². The lowest BCUT2D eigenvalue weighted by Crippen LogP contribution is -2.38. The fourth-order valence-corrected chi connectivity index (χ4v) is 5.34. The SMILES string of the molecule is Cc1ccc(C2CC(=O)C3=C(C2)Nc2ccccc2N(C(=O)CCC(=O)O)C3c2ccc(C)cc2)cc1. The number of nitrogens with one attached hydrogen (secondary N) is 1. The van der Waals surface area contributed by atoms with Crippen LogP contribution in [0.5, 0.6) is 0 Å². The number of carbonyl (C=O) groups is 3. The third kappa shape index (κ3) is 4.92. The molecule has 0 bridgehead atoms. The van der Waals surface area contributed by atoms with E-state index in [1.165, 1.54) is 5.56 Å². The van der Waals surface area contributed by atoms with Crippen molar-refractivity contribution >= 4 is 29.0 Å². The zero-order chi connectivity index (χ0) is 26.1. The first-order valence-corrected chi connectivity index (χ1v) is 12.6. The Bertz CT molecular complexity index is 1390. The fourth-order valence-electron chi connectivity index (χ4n) is 5.34. The molecule has 5 rings (SSSR count). The molecule has 0 saturated heterocycles. The molecule has 188 valence electrons. The van der Waals surface area contributed by atoms with E-state index in [2.05, 4.69) is 29.6 Å². The van der Waals surface area contributed by atoms with Gasteiger partial charge in [0.25, 0.3) is 0 Å². The van der Waals surface area contributed by atoms with E-state index in [0.717, 1.165) is 28.1 Å². The molecule has 2 unspecified atom stereocenters. The molecule has 0 fully saturated rings. The van der Waals surface area contributed by atoms with Gasteiger partial charge in [-0.3, -0.25) is 19.3 Å². The van der Waals surface area contributed by atoms with Gasteiger partial charge in [-0.25, -0.2) is 0 Å². The average molecular weight is 495 g/mol. The van der Waals surface area contributed by atoms with Gasteiger partial charge in [-0.05, 0) is 49.4 Å². The Morgan fingerprint density at radius 2 is 1.49 bits per heavy atom. The molecule has 3 aromatic carbocycles. The first kappa shape index (κ1) is 24.5. The van der Waals surface area contributed by atoms with Gasteiger partial charge in [-0.1, -0.05) is 71.8 Å². The lowest BCUT2D eigenvalue weighted by atomic mass is 9.78. The van der Waals surface area contributed by atoms with Crippen molar-refractivity contribution < 1.29 is 19.5 Å². The molecule has 37 heavy (non-hydrogen) atoms.